The first kappa shape index (κ1) is 7.01. The van der Waals surface area contributed by atoms with E-state index in [0.29, 0.717) is 0 Å². The van der Waals surface area contributed by atoms with Crippen LogP contribution in [0.1, 0.15) is 6.92 Å². The molecule has 0 unspecified atom stereocenters. The molecule has 2 amide bonds. The van der Waals surface area contributed by atoms with Crippen LogP contribution in [0.15, 0.2) is 12.3 Å². The Balaban J connectivity index is 3.25. The first-order valence-electron chi connectivity index (χ1n) is 2.40. The van der Waals surface area contributed by atoms with Gasteiger partial charge in [0.15, 0.2) is 0 Å². The normalized spacial score (nSPS) is 9.25. The Morgan fingerprint density at radius 2 is 2.25 bits per heavy atom. The van der Waals surface area contributed by atoms with E-state index < -0.39 is 0 Å². The lowest BCUT2D eigenvalue weighted by molar-refractivity contribution is 0.246. The summed E-state index contributed by atoms with van der Waals surface area (Å²) < 4.78 is 0. The van der Waals surface area contributed by atoms with Gasteiger partial charge in [-0.1, -0.05) is 6.08 Å². The third-order valence-electron chi connectivity index (χ3n) is 0.608. The third kappa shape index (κ3) is 3.21. The summed E-state index contributed by atoms with van der Waals surface area (Å²) in [6.07, 6.45) is 3.31. The first-order valence-corrected chi connectivity index (χ1v) is 2.40. The molecule has 0 aliphatic rings. The number of allylic oxidation sites excluding steroid dienone is 1. The Bertz CT molecular complexity index is 98.6. The van der Waals surface area contributed by atoms with Crippen molar-refractivity contribution >= 4 is 6.03 Å². The summed E-state index contributed by atoms with van der Waals surface area (Å²) in [5.74, 6) is 0. The zero-order chi connectivity index (χ0) is 6.41. The van der Waals surface area contributed by atoms with Crippen molar-refractivity contribution in [3.05, 3.63) is 12.3 Å². The monoisotopic (exact) mass is 114 g/mol. The summed E-state index contributed by atoms with van der Waals surface area (Å²) in [6, 6.07) is -0.192. The molecule has 0 saturated carbocycles. The number of amides is 2. The second-order valence-electron chi connectivity index (χ2n) is 1.22. The fraction of sp³-hybridized carbons (Fsp3) is 0.400. The van der Waals surface area contributed by atoms with Crippen LogP contribution >= 0.6 is 0 Å². The van der Waals surface area contributed by atoms with E-state index in [-0.39, 0.29) is 6.03 Å². The maximum absolute atomic E-state index is 10.3. The van der Waals surface area contributed by atoms with Crippen LogP contribution in [0, 0.1) is 0 Å². The van der Waals surface area contributed by atoms with Gasteiger partial charge in [-0.05, 0) is 6.92 Å². The van der Waals surface area contributed by atoms with Crippen LogP contribution in [0.4, 0.5) is 4.79 Å². The molecule has 0 heterocycles. The van der Waals surface area contributed by atoms with Crippen LogP contribution in [-0.4, -0.2) is 13.1 Å². The molecular weight excluding hydrogens is 104 g/mol. The van der Waals surface area contributed by atoms with Crippen LogP contribution < -0.4 is 10.6 Å². The topological polar surface area (TPSA) is 41.1 Å². The lowest BCUT2D eigenvalue weighted by Gasteiger charge is -1.93. The molecule has 3 heteroatoms. The largest absolute Gasteiger partial charge is 0.341 e. The minimum atomic E-state index is -0.192. The smallest absolute Gasteiger partial charge is 0.318 e. The maximum Gasteiger partial charge on any atom is 0.318 e. The summed E-state index contributed by atoms with van der Waals surface area (Å²) in [4.78, 5) is 10.3. The molecule has 0 aromatic rings. The van der Waals surface area contributed by atoms with Gasteiger partial charge in [0.2, 0.25) is 0 Å². The average Bonchev–Trinajstić information content (AvgIpc) is 1.83. The van der Waals surface area contributed by atoms with Gasteiger partial charge < -0.3 is 10.6 Å². The van der Waals surface area contributed by atoms with Gasteiger partial charge in [-0.25, -0.2) is 4.79 Å². The van der Waals surface area contributed by atoms with E-state index in [1.807, 2.05) is 6.92 Å². The predicted molar refractivity (Wildman–Crippen MR) is 32.4 cm³/mol. The molecule has 0 spiro atoms. The van der Waals surface area contributed by atoms with Gasteiger partial charge in [0.25, 0.3) is 0 Å². The van der Waals surface area contributed by atoms with Crippen molar-refractivity contribution in [2.75, 3.05) is 7.05 Å². The molecule has 0 saturated heterocycles. The van der Waals surface area contributed by atoms with Crippen molar-refractivity contribution in [1.82, 2.24) is 10.6 Å². The number of carbonyl (C=O) groups is 1. The van der Waals surface area contributed by atoms with Crippen LogP contribution in [0.2, 0.25) is 0 Å². The van der Waals surface area contributed by atoms with E-state index in [2.05, 4.69) is 10.6 Å². The van der Waals surface area contributed by atoms with E-state index in [1.54, 1.807) is 19.3 Å². The molecule has 8 heavy (non-hydrogen) atoms. The van der Waals surface area contributed by atoms with Crippen LogP contribution in [0.5, 0.6) is 0 Å². The number of carbonyl (C=O) groups excluding carboxylic acids is 1. The Morgan fingerprint density at radius 1 is 1.62 bits per heavy atom. The molecule has 0 aliphatic heterocycles. The summed E-state index contributed by atoms with van der Waals surface area (Å²) >= 11 is 0. The predicted octanol–water partition coefficient (Wildman–Crippen LogP) is 0.449. The van der Waals surface area contributed by atoms with Crippen LogP contribution in [0.3, 0.4) is 0 Å². The minimum Gasteiger partial charge on any atom is -0.341 e. The van der Waals surface area contributed by atoms with Crippen molar-refractivity contribution in [1.29, 1.82) is 0 Å². The summed E-state index contributed by atoms with van der Waals surface area (Å²) in [7, 11) is 1.57. The number of hydrogen-bond donors (Lipinski definition) is 2. The number of hydrogen-bond acceptors (Lipinski definition) is 1. The second-order valence-corrected chi connectivity index (χ2v) is 1.22. The molecule has 0 bridgehead atoms. The van der Waals surface area contributed by atoms with E-state index in [0.717, 1.165) is 0 Å². The fourth-order valence-corrected chi connectivity index (χ4v) is 0.231. The van der Waals surface area contributed by atoms with Crippen molar-refractivity contribution in [3.8, 4) is 0 Å². The number of rotatable bonds is 1. The van der Waals surface area contributed by atoms with E-state index in [1.165, 1.54) is 0 Å². The van der Waals surface area contributed by atoms with Gasteiger partial charge in [0, 0.05) is 13.2 Å². The SMILES string of the molecule is C/C=C\NC(=O)NC. The standard InChI is InChI=1S/C5H10N2O/c1-3-4-7-5(8)6-2/h3-4H,1-2H3,(H2,6,7,8)/b4-3-. The second kappa shape index (κ2) is 4.18. The summed E-state index contributed by atoms with van der Waals surface area (Å²) in [5, 5.41) is 4.85. The number of nitrogens with one attached hydrogen (secondary N) is 2. The van der Waals surface area contributed by atoms with E-state index in [9.17, 15) is 4.79 Å². The Morgan fingerprint density at radius 3 is 2.62 bits per heavy atom. The molecule has 0 atom stereocenters. The molecule has 0 aromatic heterocycles. The van der Waals surface area contributed by atoms with E-state index in [4.69, 9.17) is 0 Å². The fourth-order valence-electron chi connectivity index (χ4n) is 0.231. The lowest BCUT2D eigenvalue weighted by atomic mass is 10.7. The Hall–Kier alpha value is -0.990. The summed E-state index contributed by atoms with van der Waals surface area (Å²) in [6.45, 7) is 1.83. The highest BCUT2D eigenvalue weighted by Crippen LogP contribution is 1.62. The highest BCUT2D eigenvalue weighted by atomic mass is 16.2. The van der Waals surface area contributed by atoms with Gasteiger partial charge in [-0.2, -0.15) is 0 Å². The van der Waals surface area contributed by atoms with Gasteiger partial charge >= 0.3 is 6.03 Å². The van der Waals surface area contributed by atoms with Crippen LogP contribution in [0.25, 0.3) is 0 Å². The molecule has 3 nitrogen and oxygen atoms in total. The molecule has 46 valence electrons. The number of urea groups is 1. The molecular formula is C5H10N2O. The van der Waals surface area contributed by atoms with Gasteiger partial charge in [0.05, 0.1) is 0 Å². The lowest BCUT2D eigenvalue weighted by Crippen LogP contribution is -2.28. The van der Waals surface area contributed by atoms with Crippen molar-refractivity contribution in [2.24, 2.45) is 0 Å². The van der Waals surface area contributed by atoms with Crippen LogP contribution in [-0.2, 0) is 0 Å². The Kier molecular flexibility index (Phi) is 3.66. The van der Waals surface area contributed by atoms with E-state index >= 15 is 0 Å². The van der Waals surface area contributed by atoms with Crippen molar-refractivity contribution < 1.29 is 4.79 Å². The molecule has 0 aliphatic carbocycles. The highest BCUT2D eigenvalue weighted by Gasteiger charge is 1.85. The third-order valence-corrected chi connectivity index (χ3v) is 0.608. The molecule has 0 radical (unpaired) electrons. The maximum atomic E-state index is 10.3. The zero-order valence-electron chi connectivity index (χ0n) is 5.06. The molecule has 0 aromatic carbocycles. The van der Waals surface area contributed by atoms with Gasteiger partial charge in [-0.3, -0.25) is 0 Å². The molecule has 0 fully saturated rings. The molecule has 0 rings (SSSR count). The first-order chi connectivity index (χ1) is 3.81. The average molecular weight is 114 g/mol. The highest BCUT2D eigenvalue weighted by molar-refractivity contribution is 5.74. The van der Waals surface area contributed by atoms with Gasteiger partial charge in [-0.15, -0.1) is 0 Å². The molecule has 2 N–H and O–H groups in total. The van der Waals surface area contributed by atoms with Crippen molar-refractivity contribution in [2.45, 2.75) is 6.92 Å². The summed E-state index contributed by atoms with van der Waals surface area (Å²) in [5.41, 5.74) is 0. The zero-order valence-corrected chi connectivity index (χ0v) is 5.06. The minimum absolute atomic E-state index is 0.192. The Labute approximate surface area is 48.8 Å². The van der Waals surface area contributed by atoms with Gasteiger partial charge in [0.1, 0.15) is 0 Å². The van der Waals surface area contributed by atoms with Crippen molar-refractivity contribution in [3.63, 3.8) is 0 Å². The quantitative estimate of drug-likeness (QED) is 0.510.